The Kier molecular flexibility index (Phi) is 4.21. The number of aryl methyl sites for hydroxylation is 2. The lowest BCUT2D eigenvalue weighted by molar-refractivity contribution is -0.144. The lowest BCUT2D eigenvalue weighted by Gasteiger charge is -2.26. The van der Waals surface area contributed by atoms with Crippen LogP contribution in [0.15, 0.2) is 18.2 Å². The largest absolute Gasteiger partial charge is 0.480 e. The number of carbonyl (C=O) groups is 2. The molecule has 2 amide bonds. The Morgan fingerprint density at radius 1 is 1.33 bits per heavy atom. The van der Waals surface area contributed by atoms with E-state index in [9.17, 15) is 14.7 Å². The van der Waals surface area contributed by atoms with E-state index in [4.69, 9.17) is 0 Å². The standard InChI is InChI=1S/C16H22N2O3/c1-10-4-5-11(2)12(8-10)9-17-15(21)18-16(3,14(19)20)13-6-7-13/h4-5,8,13H,6-7,9H2,1-3H3,(H,19,20)(H2,17,18,21). The molecule has 0 radical (unpaired) electrons. The molecule has 0 heterocycles. The van der Waals surface area contributed by atoms with Crippen molar-refractivity contribution in [3.8, 4) is 0 Å². The monoisotopic (exact) mass is 290 g/mol. The molecule has 21 heavy (non-hydrogen) atoms. The molecule has 1 aliphatic carbocycles. The normalized spacial score (nSPS) is 16.9. The number of carbonyl (C=O) groups excluding carboxylic acids is 1. The summed E-state index contributed by atoms with van der Waals surface area (Å²) >= 11 is 0. The van der Waals surface area contributed by atoms with Crippen molar-refractivity contribution >= 4 is 12.0 Å². The van der Waals surface area contributed by atoms with Gasteiger partial charge in [0, 0.05) is 6.54 Å². The zero-order chi connectivity index (χ0) is 15.6. The molecule has 2 rings (SSSR count). The molecule has 1 aliphatic rings. The summed E-state index contributed by atoms with van der Waals surface area (Å²) in [6.45, 7) is 5.95. The molecular weight excluding hydrogens is 268 g/mol. The second-order valence-corrected chi connectivity index (χ2v) is 6.02. The molecule has 5 heteroatoms. The van der Waals surface area contributed by atoms with Gasteiger partial charge in [-0.2, -0.15) is 0 Å². The Balaban J connectivity index is 1.95. The van der Waals surface area contributed by atoms with Gasteiger partial charge in [-0.25, -0.2) is 9.59 Å². The van der Waals surface area contributed by atoms with Crippen molar-refractivity contribution < 1.29 is 14.7 Å². The molecule has 1 saturated carbocycles. The molecule has 1 unspecified atom stereocenters. The van der Waals surface area contributed by atoms with E-state index in [2.05, 4.69) is 10.6 Å². The molecule has 1 aromatic rings. The fourth-order valence-electron chi connectivity index (χ4n) is 2.44. The lowest BCUT2D eigenvalue weighted by Crippen LogP contribution is -2.56. The maximum atomic E-state index is 12.0. The highest BCUT2D eigenvalue weighted by Crippen LogP contribution is 2.39. The van der Waals surface area contributed by atoms with Gasteiger partial charge in [0.1, 0.15) is 5.54 Å². The van der Waals surface area contributed by atoms with Crippen molar-refractivity contribution in [1.29, 1.82) is 0 Å². The van der Waals surface area contributed by atoms with Crippen LogP contribution in [0, 0.1) is 19.8 Å². The first-order valence-electron chi connectivity index (χ1n) is 7.18. The van der Waals surface area contributed by atoms with Crippen molar-refractivity contribution in [2.24, 2.45) is 5.92 Å². The van der Waals surface area contributed by atoms with Crippen LogP contribution < -0.4 is 10.6 Å². The van der Waals surface area contributed by atoms with E-state index in [1.807, 2.05) is 32.0 Å². The molecule has 114 valence electrons. The summed E-state index contributed by atoms with van der Waals surface area (Å²) in [5, 5.41) is 14.7. The van der Waals surface area contributed by atoms with Crippen LogP contribution in [0.25, 0.3) is 0 Å². The lowest BCUT2D eigenvalue weighted by atomic mass is 9.96. The first-order chi connectivity index (χ1) is 9.83. The first kappa shape index (κ1) is 15.4. The first-order valence-corrected chi connectivity index (χ1v) is 7.18. The highest BCUT2D eigenvalue weighted by molar-refractivity contribution is 5.86. The van der Waals surface area contributed by atoms with E-state index in [0.717, 1.165) is 29.5 Å². The van der Waals surface area contributed by atoms with E-state index in [1.54, 1.807) is 6.92 Å². The number of carboxylic acid groups (broad SMARTS) is 1. The smallest absolute Gasteiger partial charge is 0.329 e. The van der Waals surface area contributed by atoms with Crippen LogP contribution in [0.1, 0.15) is 36.5 Å². The summed E-state index contributed by atoms with van der Waals surface area (Å²) in [4.78, 5) is 23.3. The number of aliphatic carboxylic acids is 1. The van der Waals surface area contributed by atoms with Crippen LogP contribution in [0.3, 0.4) is 0 Å². The molecule has 0 saturated heterocycles. The van der Waals surface area contributed by atoms with Crippen LogP contribution in [0.4, 0.5) is 4.79 Å². The van der Waals surface area contributed by atoms with Crippen LogP contribution >= 0.6 is 0 Å². The molecule has 1 fully saturated rings. The van der Waals surface area contributed by atoms with Crippen LogP contribution in [0.5, 0.6) is 0 Å². The van der Waals surface area contributed by atoms with Gasteiger partial charge in [-0.05, 0) is 50.7 Å². The van der Waals surface area contributed by atoms with E-state index in [-0.39, 0.29) is 5.92 Å². The van der Waals surface area contributed by atoms with E-state index in [1.165, 1.54) is 0 Å². The summed E-state index contributed by atoms with van der Waals surface area (Å²) in [7, 11) is 0. The molecule has 1 atom stereocenters. The summed E-state index contributed by atoms with van der Waals surface area (Å²) in [5.41, 5.74) is 2.09. The highest BCUT2D eigenvalue weighted by atomic mass is 16.4. The number of amides is 2. The Morgan fingerprint density at radius 2 is 2.00 bits per heavy atom. The van der Waals surface area contributed by atoms with E-state index < -0.39 is 17.5 Å². The van der Waals surface area contributed by atoms with E-state index >= 15 is 0 Å². The van der Waals surface area contributed by atoms with Gasteiger partial charge in [-0.15, -0.1) is 0 Å². The van der Waals surface area contributed by atoms with Crippen molar-refractivity contribution in [1.82, 2.24) is 10.6 Å². The van der Waals surface area contributed by atoms with Gasteiger partial charge < -0.3 is 15.7 Å². The summed E-state index contributed by atoms with van der Waals surface area (Å²) in [6.07, 6.45) is 1.69. The molecule has 5 nitrogen and oxygen atoms in total. The molecular formula is C16H22N2O3. The van der Waals surface area contributed by atoms with Crippen molar-refractivity contribution in [2.45, 2.75) is 45.7 Å². The Bertz CT molecular complexity index is 567. The quantitative estimate of drug-likeness (QED) is 0.779. The average molecular weight is 290 g/mol. The van der Waals surface area contributed by atoms with Gasteiger partial charge in [0.2, 0.25) is 0 Å². The number of urea groups is 1. The third-order valence-corrected chi connectivity index (χ3v) is 4.16. The minimum absolute atomic E-state index is 0.0291. The van der Waals surface area contributed by atoms with Crippen LogP contribution in [-0.2, 0) is 11.3 Å². The van der Waals surface area contributed by atoms with Gasteiger partial charge in [0.25, 0.3) is 0 Å². The molecule has 0 aliphatic heterocycles. The summed E-state index contributed by atoms with van der Waals surface area (Å²) in [6, 6.07) is 5.61. The number of rotatable bonds is 5. The zero-order valence-corrected chi connectivity index (χ0v) is 12.7. The Labute approximate surface area is 124 Å². The van der Waals surface area contributed by atoms with E-state index in [0.29, 0.717) is 6.54 Å². The van der Waals surface area contributed by atoms with Crippen molar-refractivity contribution in [2.75, 3.05) is 0 Å². The number of hydrogen-bond donors (Lipinski definition) is 3. The minimum Gasteiger partial charge on any atom is -0.480 e. The fourth-order valence-corrected chi connectivity index (χ4v) is 2.44. The Hall–Kier alpha value is -2.04. The second kappa shape index (κ2) is 5.76. The number of nitrogens with one attached hydrogen (secondary N) is 2. The van der Waals surface area contributed by atoms with Gasteiger partial charge in [0.15, 0.2) is 0 Å². The molecule has 1 aromatic carbocycles. The maximum Gasteiger partial charge on any atom is 0.329 e. The summed E-state index contributed by atoms with van der Waals surface area (Å²) in [5.74, 6) is -0.951. The molecule has 0 aromatic heterocycles. The number of carboxylic acids is 1. The minimum atomic E-state index is -1.17. The summed E-state index contributed by atoms with van der Waals surface area (Å²) < 4.78 is 0. The zero-order valence-electron chi connectivity index (χ0n) is 12.7. The Morgan fingerprint density at radius 3 is 2.57 bits per heavy atom. The third-order valence-electron chi connectivity index (χ3n) is 4.16. The molecule has 0 bridgehead atoms. The predicted octanol–water partition coefficient (Wildman–Crippen LogP) is 2.36. The highest BCUT2D eigenvalue weighted by Gasteiger charge is 2.48. The predicted molar refractivity (Wildman–Crippen MR) is 80.1 cm³/mol. The number of benzene rings is 1. The van der Waals surface area contributed by atoms with Gasteiger partial charge in [-0.3, -0.25) is 0 Å². The number of hydrogen-bond acceptors (Lipinski definition) is 2. The SMILES string of the molecule is Cc1ccc(C)c(CNC(=O)NC(C)(C(=O)O)C2CC2)c1. The van der Waals surface area contributed by atoms with Gasteiger partial charge in [0.05, 0.1) is 0 Å². The van der Waals surface area contributed by atoms with Crippen LogP contribution in [0.2, 0.25) is 0 Å². The third kappa shape index (κ3) is 3.54. The topological polar surface area (TPSA) is 78.4 Å². The van der Waals surface area contributed by atoms with Gasteiger partial charge >= 0.3 is 12.0 Å². The van der Waals surface area contributed by atoms with Gasteiger partial charge in [-0.1, -0.05) is 23.8 Å². The average Bonchev–Trinajstić information content (AvgIpc) is 3.24. The van der Waals surface area contributed by atoms with Crippen molar-refractivity contribution in [3.05, 3.63) is 34.9 Å². The second-order valence-electron chi connectivity index (χ2n) is 6.02. The fraction of sp³-hybridized carbons (Fsp3) is 0.500. The maximum absolute atomic E-state index is 12.0. The van der Waals surface area contributed by atoms with Crippen LogP contribution in [-0.4, -0.2) is 22.6 Å². The molecule has 0 spiro atoms. The molecule has 3 N–H and O–H groups in total. The van der Waals surface area contributed by atoms with Crippen molar-refractivity contribution in [3.63, 3.8) is 0 Å².